The molecule has 0 fully saturated rings. The van der Waals surface area contributed by atoms with Crippen molar-refractivity contribution in [1.82, 2.24) is 0 Å². The number of aryl methyl sites for hydroxylation is 1. The minimum absolute atomic E-state index is 0.272. The number of halogens is 3. The molecule has 0 saturated carbocycles. The molecule has 0 atom stereocenters. The molecule has 1 amide bonds. The highest BCUT2D eigenvalue weighted by atomic mass is 79.9. The molecule has 19 heavy (non-hydrogen) atoms. The van der Waals surface area contributed by atoms with E-state index < -0.39 is 5.82 Å². The summed E-state index contributed by atoms with van der Waals surface area (Å²) in [6.45, 7) is 1.93. The van der Waals surface area contributed by atoms with Gasteiger partial charge in [-0.05, 0) is 74.7 Å². The monoisotopic (exact) mass is 385 g/mol. The van der Waals surface area contributed by atoms with Gasteiger partial charge in [0, 0.05) is 10.0 Å². The van der Waals surface area contributed by atoms with Gasteiger partial charge in [-0.25, -0.2) is 4.39 Å². The summed E-state index contributed by atoms with van der Waals surface area (Å²) in [6, 6.07) is 9.90. The predicted octanol–water partition coefficient (Wildman–Crippen LogP) is 4.91. The molecule has 0 saturated heterocycles. The van der Waals surface area contributed by atoms with Gasteiger partial charge >= 0.3 is 0 Å². The molecule has 0 heterocycles. The predicted molar refractivity (Wildman–Crippen MR) is 80.9 cm³/mol. The fourth-order valence-corrected chi connectivity index (χ4v) is 2.16. The third kappa shape index (κ3) is 3.42. The molecule has 5 heteroatoms. The summed E-state index contributed by atoms with van der Waals surface area (Å²) in [5.74, 6) is -0.811. The van der Waals surface area contributed by atoms with E-state index in [1.165, 1.54) is 12.1 Å². The van der Waals surface area contributed by atoms with Crippen molar-refractivity contribution >= 4 is 43.5 Å². The Morgan fingerprint density at radius 3 is 2.47 bits per heavy atom. The molecule has 0 aliphatic carbocycles. The molecule has 0 unspecified atom stereocenters. The van der Waals surface area contributed by atoms with Crippen molar-refractivity contribution in [2.24, 2.45) is 0 Å². The Morgan fingerprint density at radius 1 is 1.11 bits per heavy atom. The zero-order valence-corrected chi connectivity index (χ0v) is 13.2. The van der Waals surface area contributed by atoms with Crippen molar-refractivity contribution in [1.29, 1.82) is 0 Å². The van der Waals surface area contributed by atoms with Gasteiger partial charge in [-0.2, -0.15) is 0 Å². The van der Waals surface area contributed by atoms with E-state index in [2.05, 4.69) is 37.2 Å². The Morgan fingerprint density at radius 2 is 1.79 bits per heavy atom. The molecule has 0 aromatic heterocycles. The highest BCUT2D eigenvalue weighted by Crippen LogP contribution is 2.24. The molecular formula is C14H10Br2FNO. The number of nitrogens with one attached hydrogen (secondary N) is 1. The molecule has 98 valence electrons. The summed E-state index contributed by atoms with van der Waals surface area (Å²) in [7, 11) is 0. The van der Waals surface area contributed by atoms with Crippen LogP contribution in [0.3, 0.4) is 0 Å². The van der Waals surface area contributed by atoms with Crippen molar-refractivity contribution in [2.45, 2.75) is 6.92 Å². The summed E-state index contributed by atoms with van der Waals surface area (Å²) in [6.07, 6.45) is 0. The fourth-order valence-electron chi connectivity index (χ4n) is 1.57. The number of hydrogen-bond donors (Lipinski definition) is 1. The molecule has 0 spiro atoms. The lowest BCUT2D eigenvalue weighted by atomic mass is 10.2. The van der Waals surface area contributed by atoms with Crippen LogP contribution >= 0.6 is 31.9 Å². The van der Waals surface area contributed by atoms with Crippen molar-refractivity contribution < 1.29 is 9.18 Å². The van der Waals surface area contributed by atoms with Gasteiger partial charge in [0.25, 0.3) is 5.91 Å². The zero-order valence-electron chi connectivity index (χ0n) is 10.0. The maximum absolute atomic E-state index is 13.4. The van der Waals surface area contributed by atoms with Crippen LogP contribution in [0, 0.1) is 12.7 Å². The molecule has 0 aliphatic rings. The van der Waals surface area contributed by atoms with E-state index in [0.717, 1.165) is 10.0 Å². The lowest BCUT2D eigenvalue weighted by Gasteiger charge is -2.08. The van der Waals surface area contributed by atoms with E-state index in [1.54, 1.807) is 6.07 Å². The number of amides is 1. The average molecular weight is 387 g/mol. The number of rotatable bonds is 2. The molecule has 2 aromatic carbocycles. The Kier molecular flexibility index (Phi) is 4.37. The second kappa shape index (κ2) is 5.84. The van der Waals surface area contributed by atoms with E-state index >= 15 is 0 Å². The summed E-state index contributed by atoms with van der Waals surface area (Å²) in [4.78, 5) is 12.0. The van der Waals surface area contributed by atoms with Crippen LogP contribution in [0.2, 0.25) is 0 Å². The Bertz CT molecular complexity index is 643. The quantitative estimate of drug-likeness (QED) is 0.780. The van der Waals surface area contributed by atoms with Crippen LogP contribution in [0.25, 0.3) is 0 Å². The van der Waals surface area contributed by atoms with Crippen molar-refractivity contribution in [3.8, 4) is 0 Å². The minimum atomic E-state index is -0.462. The second-order valence-electron chi connectivity index (χ2n) is 4.07. The van der Waals surface area contributed by atoms with Crippen LogP contribution in [0.5, 0.6) is 0 Å². The first kappa shape index (κ1) is 14.2. The largest absolute Gasteiger partial charge is 0.321 e. The highest BCUT2D eigenvalue weighted by molar-refractivity contribution is 9.10. The molecule has 1 N–H and O–H groups in total. The van der Waals surface area contributed by atoms with Gasteiger partial charge in [-0.1, -0.05) is 6.07 Å². The lowest BCUT2D eigenvalue weighted by Crippen LogP contribution is -2.12. The van der Waals surface area contributed by atoms with E-state index in [0.29, 0.717) is 10.2 Å². The van der Waals surface area contributed by atoms with E-state index in [-0.39, 0.29) is 11.5 Å². The van der Waals surface area contributed by atoms with Crippen LogP contribution < -0.4 is 5.32 Å². The molecule has 2 rings (SSSR count). The van der Waals surface area contributed by atoms with Gasteiger partial charge < -0.3 is 5.32 Å². The molecule has 0 radical (unpaired) electrons. The molecule has 2 aromatic rings. The SMILES string of the molecule is Cc1ccc(Br)c(NC(=O)c2ccc(Br)c(F)c2)c1. The molecular weight excluding hydrogens is 377 g/mol. The van der Waals surface area contributed by atoms with Crippen molar-refractivity contribution in [3.05, 3.63) is 62.3 Å². The number of carbonyl (C=O) groups is 1. The van der Waals surface area contributed by atoms with Gasteiger partial charge in [0.05, 0.1) is 10.2 Å². The summed E-state index contributed by atoms with van der Waals surface area (Å²) < 4.78 is 14.5. The number of hydrogen-bond acceptors (Lipinski definition) is 1. The van der Waals surface area contributed by atoms with Crippen molar-refractivity contribution in [3.63, 3.8) is 0 Å². The fraction of sp³-hybridized carbons (Fsp3) is 0.0714. The van der Waals surface area contributed by atoms with E-state index in [9.17, 15) is 9.18 Å². The molecule has 0 bridgehead atoms. The first-order chi connectivity index (χ1) is 8.97. The van der Waals surface area contributed by atoms with E-state index in [4.69, 9.17) is 0 Å². The third-order valence-corrected chi connectivity index (χ3v) is 3.89. The lowest BCUT2D eigenvalue weighted by molar-refractivity contribution is 0.102. The zero-order chi connectivity index (χ0) is 14.0. The first-order valence-electron chi connectivity index (χ1n) is 5.50. The van der Waals surface area contributed by atoms with Crippen LogP contribution in [-0.4, -0.2) is 5.91 Å². The van der Waals surface area contributed by atoms with Gasteiger partial charge in [0.2, 0.25) is 0 Å². The standard InChI is InChI=1S/C14H10Br2FNO/c1-8-2-4-11(16)13(6-8)18-14(19)9-3-5-10(15)12(17)7-9/h2-7H,1H3,(H,18,19). The first-order valence-corrected chi connectivity index (χ1v) is 7.08. The Labute approximate surface area is 127 Å². The minimum Gasteiger partial charge on any atom is -0.321 e. The Hall–Kier alpha value is -1.20. The summed E-state index contributed by atoms with van der Waals surface area (Å²) >= 11 is 6.41. The number of anilines is 1. The average Bonchev–Trinajstić information content (AvgIpc) is 2.37. The van der Waals surface area contributed by atoms with Crippen LogP contribution in [0.15, 0.2) is 45.3 Å². The summed E-state index contributed by atoms with van der Waals surface area (Å²) in [5, 5.41) is 2.75. The van der Waals surface area contributed by atoms with Crippen LogP contribution in [0.4, 0.5) is 10.1 Å². The maximum Gasteiger partial charge on any atom is 0.255 e. The third-order valence-electron chi connectivity index (χ3n) is 2.55. The Balaban J connectivity index is 2.25. The second-order valence-corrected chi connectivity index (χ2v) is 5.77. The summed E-state index contributed by atoms with van der Waals surface area (Å²) in [5.41, 5.74) is 1.96. The highest BCUT2D eigenvalue weighted by Gasteiger charge is 2.10. The topological polar surface area (TPSA) is 29.1 Å². The van der Waals surface area contributed by atoms with Crippen LogP contribution in [0.1, 0.15) is 15.9 Å². The normalized spacial score (nSPS) is 10.3. The van der Waals surface area contributed by atoms with E-state index in [1.807, 2.05) is 25.1 Å². The number of benzene rings is 2. The number of carbonyl (C=O) groups excluding carboxylic acids is 1. The smallest absolute Gasteiger partial charge is 0.255 e. The maximum atomic E-state index is 13.4. The van der Waals surface area contributed by atoms with Crippen molar-refractivity contribution in [2.75, 3.05) is 5.32 Å². The van der Waals surface area contributed by atoms with Gasteiger partial charge in [-0.15, -0.1) is 0 Å². The van der Waals surface area contributed by atoms with Gasteiger partial charge in [-0.3, -0.25) is 4.79 Å². The van der Waals surface area contributed by atoms with Gasteiger partial charge in [0.15, 0.2) is 0 Å². The molecule has 2 nitrogen and oxygen atoms in total. The van der Waals surface area contributed by atoms with Crippen LogP contribution in [-0.2, 0) is 0 Å². The van der Waals surface area contributed by atoms with Gasteiger partial charge in [0.1, 0.15) is 5.82 Å². The molecule has 0 aliphatic heterocycles.